The fourth-order valence-electron chi connectivity index (χ4n) is 7.51. The van der Waals surface area contributed by atoms with E-state index in [0.29, 0.717) is 25.7 Å². The van der Waals surface area contributed by atoms with E-state index in [9.17, 15) is 19.2 Å². The van der Waals surface area contributed by atoms with Gasteiger partial charge in [0.15, 0.2) is 17.3 Å². The topological polar surface area (TPSA) is 130 Å². The maximum atomic E-state index is 13.0. The molecule has 1 spiro atoms. The number of fused-ring (bicyclic) bond motifs is 3. The Labute approximate surface area is 222 Å². The van der Waals surface area contributed by atoms with E-state index in [1.807, 2.05) is 33.8 Å². The molecule has 10 nitrogen and oxygen atoms in total. The number of hydrogen-bond acceptors (Lipinski definition) is 10. The molecule has 3 saturated heterocycles. The molecule has 210 valence electrons. The lowest BCUT2D eigenvalue weighted by Gasteiger charge is -2.54. The maximum absolute atomic E-state index is 13.0. The van der Waals surface area contributed by atoms with Crippen molar-refractivity contribution in [2.45, 2.75) is 128 Å². The van der Waals surface area contributed by atoms with E-state index in [1.54, 1.807) is 6.92 Å². The molecule has 3 aliphatic heterocycles. The highest BCUT2D eigenvalue weighted by atomic mass is 16.7. The van der Waals surface area contributed by atoms with Crippen LogP contribution in [-0.4, -0.2) is 71.2 Å². The van der Waals surface area contributed by atoms with Crippen LogP contribution in [0.25, 0.3) is 0 Å². The van der Waals surface area contributed by atoms with Crippen molar-refractivity contribution in [1.82, 2.24) is 0 Å². The van der Waals surface area contributed by atoms with Crippen LogP contribution in [0, 0.1) is 11.3 Å². The van der Waals surface area contributed by atoms with Crippen molar-refractivity contribution in [2.24, 2.45) is 11.3 Å². The number of carbonyl (C=O) groups is 4. The van der Waals surface area contributed by atoms with E-state index in [0.717, 1.165) is 5.57 Å². The van der Waals surface area contributed by atoms with E-state index in [4.69, 9.17) is 28.4 Å². The zero-order valence-electron chi connectivity index (χ0n) is 23.2. The Kier molecular flexibility index (Phi) is 6.26. The van der Waals surface area contributed by atoms with Crippen LogP contribution in [0.5, 0.6) is 0 Å². The third kappa shape index (κ3) is 3.73. The maximum Gasteiger partial charge on any atom is 0.342 e. The Morgan fingerprint density at radius 3 is 2.34 bits per heavy atom. The van der Waals surface area contributed by atoms with Gasteiger partial charge in [-0.3, -0.25) is 14.4 Å². The minimum absolute atomic E-state index is 0.240. The molecule has 1 saturated carbocycles. The first-order valence-corrected chi connectivity index (χ1v) is 13.5. The summed E-state index contributed by atoms with van der Waals surface area (Å²) in [6.45, 7) is 12.0. The number of hydrogen-bond donors (Lipinski definition) is 0. The van der Waals surface area contributed by atoms with Gasteiger partial charge in [-0.05, 0) is 46.1 Å². The van der Waals surface area contributed by atoms with E-state index < -0.39 is 70.5 Å². The lowest BCUT2D eigenvalue weighted by molar-refractivity contribution is -0.213. The Balaban J connectivity index is 1.73. The second-order valence-corrected chi connectivity index (χ2v) is 12.0. The van der Waals surface area contributed by atoms with Crippen LogP contribution in [0.2, 0.25) is 0 Å². The molecule has 0 bridgehead atoms. The van der Waals surface area contributed by atoms with Gasteiger partial charge in [0.25, 0.3) is 0 Å². The number of esters is 4. The highest BCUT2D eigenvalue weighted by Crippen LogP contribution is 2.69. The predicted octanol–water partition coefficient (Wildman–Crippen LogP) is 2.94. The minimum atomic E-state index is -1.34. The van der Waals surface area contributed by atoms with E-state index in [2.05, 4.69) is 0 Å². The fraction of sp³-hybridized carbons (Fsp3) is 0.786. The van der Waals surface area contributed by atoms with Crippen LogP contribution < -0.4 is 0 Å². The zero-order chi connectivity index (χ0) is 27.8. The second-order valence-electron chi connectivity index (χ2n) is 12.0. The highest BCUT2D eigenvalue weighted by Gasteiger charge is 2.89. The lowest BCUT2D eigenvalue weighted by atomic mass is 9.53. The number of carbonyl (C=O) groups excluding carboxylic acids is 4. The van der Waals surface area contributed by atoms with Gasteiger partial charge in [0.1, 0.15) is 18.3 Å². The first-order chi connectivity index (χ1) is 17.7. The molecular weight excluding hydrogens is 496 g/mol. The monoisotopic (exact) mass is 534 g/mol. The SMILES string of the molecule is CCCC(=O)O[C@H]1CC/C(C)=C\[C@@H]2OC(=O)[C@]3(C)O[C@@]23[C@@H](OC(C)=O)[C@H]2[C@@]3(C)O[C@H]3C[C@H](OC(C)=O)[C@]12C. The van der Waals surface area contributed by atoms with Crippen LogP contribution in [-0.2, 0) is 47.6 Å². The lowest BCUT2D eigenvalue weighted by Crippen LogP contribution is -2.66. The van der Waals surface area contributed by atoms with Crippen molar-refractivity contribution >= 4 is 23.9 Å². The van der Waals surface area contributed by atoms with Gasteiger partial charge in [-0.15, -0.1) is 0 Å². The fourth-order valence-corrected chi connectivity index (χ4v) is 7.51. The number of rotatable bonds is 5. The van der Waals surface area contributed by atoms with Gasteiger partial charge in [0.05, 0.1) is 17.1 Å². The first-order valence-electron chi connectivity index (χ1n) is 13.5. The van der Waals surface area contributed by atoms with Gasteiger partial charge in [-0.25, -0.2) is 4.79 Å². The summed E-state index contributed by atoms with van der Waals surface area (Å²) in [5, 5.41) is 0. The van der Waals surface area contributed by atoms with Gasteiger partial charge in [0.2, 0.25) is 0 Å². The number of epoxide rings is 2. The average molecular weight is 535 g/mol. The van der Waals surface area contributed by atoms with Gasteiger partial charge < -0.3 is 28.4 Å². The largest absolute Gasteiger partial charge is 0.462 e. The van der Waals surface area contributed by atoms with Crippen molar-refractivity contribution in [2.75, 3.05) is 0 Å². The average Bonchev–Trinajstić information content (AvgIpc) is 3.64. The summed E-state index contributed by atoms with van der Waals surface area (Å²) in [6, 6.07) is 0. The molecule has 10 heteroatoms. The molecule has 0 amide bonds. The van der Waals surface area contributed by atoms with Gasteiger partial charge in [-0.2, -0.15) is 0 Å². The summed E-state index contributed by atoms with van der Waals surface area (Å²) < 4.78 is 36.5. The second kappa shape index (κ2) is 8.78. The van der Waals surface area contributed by atoms with Crippen LogP contribution in [0.4, 0.5) is 0 Å². The normalized spacial score (nSPS) is 48.0. The first kappa shape index (κ1) is 27.1. The van der Waals surface area contributed by atoms with Crippen LogP contribution in [0.15, 0.2) is 11.6 Å². The van der Waals surface area contributed by atoms with Crippen molar-refractivity contribution in [3.05, 3.63) is 11.6 Å². The Hall–Kier alpha value is -2.46. The Morgan fingerprint density at radius 2 is 1.74 bits per heavy atom. The van der Waals surface area contributed by atoms with E-state index in [-0.39, 0.29) is 18.5 Å². The van der Waals surface area contributed by atoms with Crippen LogP contribution >= 0.6 is 0 Å². The molecule has 3 heterocycles. The van der Waals surface area contributed by atoms with Crippen molar-refractivity contribution in [1.29, 1.82) is 0 Å². The summed E-state index contributed by atoms with van der Waals surface area (Å²) in [6.07, 6.45) is 0.583. The molecule has 5 rings (SSSR count). The van der Waals surface area contributed by atoms with Crippen molar-refractivity contribution in [3.63, 3.8) is 0 Å². The van der Waals surface area contributed by atoms with Gasteiger partial charge in [0, 0.05) is 32.6 Å². The summed E-state index contributed by atoms with van der Waals surface area (Å²) in [4.78, 5) is 50.9. The number of allylic oxidation sites excluding steroid dienone is 1. The molecule has 5 aliphatic rings. The van der Waals surface area contributed by atoms with Crippen molar-refractivity contribution in [3.8, 4) is 0 Å². The van der Waals surface area contributed by atoms with E-state index >= 15 is 0 Å². The summed E-state index contributed by atoms with van der Waals surface area (Å²) in [7, 11) is 0. The molecule has 0 radical (unpaired) electrons. The number of ether oxygens (including phenoxy) is 6. The quantitative estimate of drug-likeness (QED) is 0.225. The molecule has 2 aliphatic carbocycles. The standard InChI is InChI=1S/C28H38O10/c1-8-9-21(31)35-17-11-10-14(2)12-20-28(27(7,38-28)24(32)36-20)23(34-16(4)30)22-25(17,5)18(33-15(3)29)13-19-26(22,6)37-19/h12,17-20,22-23H,8-11,13H2,1-7H3/b14-12-/t17-,18-,19-,20-,22+,23-,25-,26-,27-,28+/m0/s1. The third-order valence-corrected chi connectivity index (χ3v) is 9.50. The summed E-state index contributed by atoms with van der Waals surface area (Å²) in [5.41, 5.74) is -3.59. The molecule has 4 fully saturated rings. The Morgan fingerprint density at radius 1 is 1.05 bits per heavy atom. The molecule has 0 N–H and O–H groups in total. The van der Waals surface area contributed by atoms with Gasteiger partial charge >= 0.3 is 23.9 Å². The molecule has 10 atom stereocenters. The molecule has 0 aromatic rings. The smallest absolute Gasteiger partial charge is 0.342 e. The predicted molar refractivity (Wildman–Crippen MR) is 130 cm³/mol. The van der Waals surface area contributed by atoms with Crippen LogP contribution in [0.3, 0.4) is 0 Å². The zero-order valence-corrected chi connectivity index (χ0v) is 23.2. The minimum Gasteiger partial charge on any atom is -0.462 e. The van der Waals surface area contributed by atoms with Gasteiger partial charge in [-0.1, -0.05) is 19.4 Å². The van der Waals surface area contributed by atoms with Crippen LogP contribution in [0.1, 0.15) is 80.6 Å². The summed E-state index contributed by atoms with van der Waals surface area (Å²) >= 11 is 0. The molecule has 0 aromatic heterocycles. The summed E-state index contributed by atoms with van der Waals surface area (Å²) in [5.74, 6) is -2.57. The van der Waals surface area contributed by atoms with E-state index in [1.165, 1.54) is 13.8 Å². The highest BCUT2D eigenvalue weighted by molar-refractivity contribution is 5.89. The molecule has 38 heavy (non-hydrogen) atoms. The van der Waals surface area contributed by atoms with Crippen molar-refractivity contribution < 1.29 is 47.6 Å². The molecular formula is C28H38O10. The molecule has 0 aromatic carbocycles. The molecule has 0 unspecified atom stereocenters. The third-order valence-electron chi connectivity index (χ3n) is 9.50. The Bertz CT molecular complexity index is 1100.